The number of nitrogens with zero attached hydrogens (tertiary/aromatic N) is 7. The van der Waals surface area contributed by atoms with Crippen LogP contribution in [0.4, 0.5) is 4.39 Å². The van der Waals surface area contributed by atoms with E-state index in [1.165, 1.54) is 16.9 Å². The number of ether oxygens (including phenoxy) is 1. The van der Waals surface area contributed by atoms with Crippen molar-refractivity contribution in [3.63, 3.8) is 0 Å². The van der Waals surface area contributed by atoms with E-state index in [0.29, 0.717) is 42.0 Å². The van der Waals surface area contributed by atoms with Crippen molar-refractivity contribution in [1.29, 1.82) is 0 Å². The summed E-state index contributed by atoms with van der Waals surface area (Å²) in [5.74, 6) is 0.715. The number of aromatic nitrogens is 6. The maximum atomic E-state index is 13.5. The number of halogens is 1. The van der Waals surface area contributed by atoms with Crippen LogP contribution in [0.25, 0.3) is 17.2 Å². The van der Waals surface area contributed by atoms with Gasteiger partial charge >= 0.3 is 0 Å². The predicted molar refractivity (Wildman–Crippen MR) is 136 cm³/mol. The van der Waals surface area contributed by atoms with Crippen LogP contribution in [0.15, 0.2) is 54.9 Å². The van der Waals surface area contributed by atoms with Crippen LogP contribution in [0.1, 0.15) is 35.6 Å². The summed E-state index contributed by atoms with van der Waals surface area (Å²) in [6.45, 7) is 6.71. The highest BCUT2D eigenvalue weighted by molar-refractivity contribution is 5.93. The van der Waals surface area contributed by atoms with Crippen molar-refractivity contribution in [2.45, 2.75) is 32.4 Å². The molecular weight excluding hydrogens is 487 g/mol. The van der Waals surface area contributed by atoms with E-state index in [2.05, 4.69) is 25.1 Å². The third-order valence-corrected chi connectivity index (χ3v) is 7.06. The van der Waals surface area contributed by atoms with E-state index in [9.17, 15) is 9.18 Å². The van der Waals surface area contributed by atoms with Crippen molar-refractivity contribution in [3.8, 4) is 23.1 Å². The van der Waals surface area contributed by atoms with Crippen molar-refractivity contribution in [2.24, 2.45) is 17.6 Å². The van der Waals surface area contributed by atoms with Gasteiger partial charge in [-0.3, -0.25) is 4.79 Å². The number of amides is 1. The summed E-state index contributed by atoms with van der Waals surface area (Å²) < 4.78 is 19.8. The Kier molecular flexibility index (Phi) is 5.68. The standard InChI is InChI=1S/C27H27FN8O2/c1-15-23(34-36(33-15)26-30-9-4-10-31-26)25(37)35-13-19-20(14-35)24(19)38-22-12-17(27(2,3)29)11-21(32-22)16-5-7-18(28)8-6-16/h4-12,19-20,24H,13-14,29H2,1-3H3. The molecule has 1 amide bonds. The lowest BCUT2D eigenvalue weighted by Gasteiger charge is -2.22. The molecule has 0 spiro atoms. The number of hydrogen-bond donors (Lipinski definition) is 1. The van der Waals surface area contributed by atoms with Crippen LogP contribution < -0.4 is 10.5 Å². The van der Waals surface area contributed by atoms with Crippen LogP contribution in [-0.4, -0.2) is 59.9 Å². The van der Waals surface area contributed by atoms with Crippen molar-refractivity contribution >= 4 is 5.91 Å². The lowest BCUT2D eigenvalue weighted by molar-refractivity contribution is 0.0744. The fraction of sp³-hybridized carbons (Fsp3) is 0.333. The summed E-state index contributed by atoms with van der Waals surface area (Å²) in [5.41, 5.74) is 8.90. The minimum Gasteiger partial charge on any atom is -0.474 e. The molecule has 1 aromatic carbocycles. The highest BCUT2D eigenvalue weighted by atomic mass is 19.1. The molecule has 0 bridgehead atoms. The van der Waals surface area contributed by atoms with E-state index in [1.54, 1.807) is 42.4 Å². The number of fused-ring (bicyclic) bond motifs is 1. The molecule has 6 rings (SSSR count). The Morgan fingerprint density at radius 2 is 1.76 bits per heavy atom. The van der Waals surface area contributed by atoms with Gasteiger partial charge in [0.2, 0.25) is 5.88 Å². The molecule has 2 aliphatic rings. The molecular formula is C27H27FN8O2. The Morgan fingerprint density at radius 1 is 1.08 bits per heavy atom. The average molecular weight is 515 g/mol. The SMILES string of the molecule is Cc1nn(-c2ncccn2)nc1C(=O)N1CC2C(C1)C2Oc1cc(C(C)(C)N)cc(-c2ccc(F)cc2)n1. The van der Waals surface area contributed by atoms with Gasteiger partial charge in [0.25, 0.3) is 11.9 Å². The Hall–Kier alpha value is -4.25. The van der Waals surface area contributed by atoms with Gasteiger partial charge in [-0.15, -0.1) is 15.0 Å². The van der Waals surface area contributed by atoms with E-state index in [-0.39, 0.29) is 29.7 Å². The van der Waals surface area contributed by atoms with Crippen LogP contribution in [0, 0.1) is 24.6 Å². The van der Waals surface area contributed by atoms with Gasteiger partial charge < -0.3 is 15.4 Å². The van der Waals surface area contributed by atoms with Crippen LogP contribution >= 0.6 is 0 Å². The quantitative estimate of drug-likeness (QED) is 0.416. The highest BCUT2D eigenvalue weighted by Crippen LogP contribution is 2.48. The zero-order chi connectivity index (χ0) is 26.6. The number of aryl methyl sites for hydroxylation is 1. The molecule has 4 aromatic rings. The summed E-state index contributed by atoms with van der Waals surface area (Å²) in [4.78, 5) is 29.2. The summed E-state index contributed by atoms with van der Waals surface area (Å²) >= 11 is 0. The predicted octanol–water partition coefficient (Wildman–Crippen LogP) is 2.91. The largest absolute Gasteiger partial charge is 0.474 e. The molecule has 0 radical (unpaired) electrons. The number of rotatable bonds is 6. The summed E-state index contributed by atoms with van der Waals surface area (Å²) in [5, 5.41) is 8.65. The minimum absolute atomic E-state index is 0.0433. The topological polar surface area (TPSA) is 125 Å². The first kappa shape index (κ1) is 24.1. The zero-order valence-electron chi connectivity index (χ0n) is 21.2. The van der Waals surface area contributed by atoms with E-state index in [4.69, 9.17) is 10.5 Å². The fourth-order valence-corrected chi connectivity index (χ4v) is 4.87. The van der Waals surface area contributed by atoms with Crippen LogP contribution in [-0.2, 0) is 5.54 Å². The lowest BCUT2D eigenvalue weighted by atomic mass is 9.95. The number of hydrogen-bond acceptors (Lipinski definition) is 8. The first-order chi connectivity index (χ1) is 18.2. The number of carbonyl (C=O) groups excluding carboxylic acids is 1. The third kappa shape index (κ3) is 4.49. The van der Waals surface area contributed by atoms with Gasteiger partial charge in [0.15, 0.2) is 5.69 Å². The number of carbonyl (C=O) groups is 1. The molecule has 10 nitrogen and oxygen atoms in total. The fourth-order valence-electron chi connectivity index (χ4n) is 4.87. The van der Waals surface area contributed by atoms with Crippen LogP contribution in [0.5, 0.6) is 5.88 Å². The molecule has 2 fully saturated rings. The maximum Gasteiger partial charge on any atom is 0.276 e. The Labute approximate surface area is 218 Å². The van der Waals surface area contributed by atoms with Gasteiger partial charge in [-0.2, -0.15) is 0 Å². The molecule has 11 heteroatoms. The first-order valence-electron chi connectivity index (χ1n) is 12.4. The van der Waals surface area contributed by atoms with Gasteiger partial charge in [0, 0.05) is 54.5 Å². The zero-order valence-corrected chi connectivity index (χ0v) is 21.2. The highest BCUT2D eigenvalue weighted by Gasteiger charge is 2.59. The maximum absolute atomic E-state index is 13.5. The minimum atomic E-state index is -0.613. The number of benzene rings is 1. The smallest absolute Gasteiger partial charge is 0.276 e. The van der Waals surface area contributed by atoms with Crippen molar-refractivity contribution in [3.05, 3.63) is 77.6 Å². The summed E-state index contributed by atoms with van der Waals surface area (Å²) in [6, 6.07) is 11.6. The van der Waals surface area contributed by atoms with Gasteiger partial charge in [0.05, 0.1) is 11.4 Å². The van der Waals surface area contributed by atoms with Gasteiger partial charge in [-0.05, 0) is 62.7 Å². The third-order valence-electron chi connectivity index (χ3n) is 7.06. The molecule has 38 heavy (non-hydrogen) atoms. The van der Waals surface area contributed by atoms with Gasteiger partial charge in [0.1, 0.15) is 11.9 Å². The van der Waals surface area contributed by atoms with Crippen molar-refractivity contribution in [2.75, 3.05) is 13.1 Å². The number of pyridine rings is 1. The second kappa shape index (κ2) is 8.95. The second-order valence-corrected chi connectivity index (χ2v) is 10.4. The number of nitrogens with two attached hydrogens (primary N) is 1. The van der Waals surface area contributed by atoms with Gasteiger partial charge in [-0.25, -0.2) is 19.3 Å². The van der Waals surface area contributed by atoms with Crippen LogP contribution in [0.2, 0.25) is 0 Å². The number of likely N-dealkylation sites (tertiary alicyclic amines) is 1. The molecule has 1 saturated heterocycles. The van der Waals surface area contributed by atoms with E-state index in [0.717, 1.165) is 11.1 Å². The molecule has 3 aromatic heterocycles. The second-order valence-electron chi connectivity index (χ2n) is 10.4. The molecule has 1 aliphatic heterocycles. The molecule has 2 atom stereocenters. The molecule has 1 aliphatic carbocycles. The lowest BCUT2D eigenvalue weighted by Crippen LogP contribution is -2.34. The number of piperidine rings is 1. The summed E-state index contributed by atoms with van der Waals surface area (Å²) in [6.07, 6.45) is 3.15. The monoisotopic (exact) mass is 514 g/mol. The molecule has 4 heterocycles. The van der Waals surface area contributed by atoms with Crippen LogP contribution in [0.3, 0.4) is 0 Å². The Bertz CT molecular complexity index is 1490. The molecule has 2 unspecified atom stereocenters. The van der Waals surface area contributed by atoms with E-state index in [1.807, 2.05) is 26.0 Å². The molecule has 1 saturated carbocycles. The first-order valence-corrected chi connectivity index (χ1v) is 12.4. The van der Waals surface area contributed by atoms with Gasteiger partial charge in [-0.1, -0.05) is 0 Å². The summed E-state index contributed by atoms with van der Waals surface area (Å²) in [7, 11) is 0. The van der Waals surface area contributed by atoms with E-state index >= 15 is 0 Å². The Balaban J connectivity index is 1.16. The normalized spacial score (nSPS) is 20.3. The van der Waals surface area contributed by atoms with Crippen molar-refractivity contribution < 1.29 is 13.9 Å². The van der Waals surface area contributed by atoms with E-state index < -0.39 is 5.54 Å². The molecule has 194 valence electrons. The average Bonchev–Trinajstić information content (AvgIpc) is 3.22. The van der Waals surface area contributed by atoms with Crippen molar-refractivity contribution in [1.82, 2.24) is 34.8 Å². The Morgan fingerprint density at radius 3 is 2.42 bits per heavy atom. The molecule has 2 N–H and O–H groups in total.